The Morgan fingerprint density at radius 3 is 1.00 bits per heavy atom. The van der Waals surface area contributed by atoms with Gasteiger partial charge in [-0.05, 0) is 0 Å². The normalized spacial score (nSPS) is 0. The molecule has 0 unspecified atom stereocenters. The third-order valence-electron chi connectivity index (χ3n) is 0. The van der Waals surface area contributed by atoms with Gasteiger partial charge in [-0.2, -0.15) is 0 Å². The average Bonchev–Trinajstić information content (AvgIpc) is 0. The summed E-state index contributed by atoms with van der Waals surface area (Å²) in [7, 11) is 0. The van der Waals surface area contributed by atoms with Gasteiger partial charge in [0, 0.05) is 49.8 Å². The summed E-state index contributed by atoms with van der Waals surface area (Å²) in [5.41, 5.74) is 0. The zero-order valence-corrected chi connectivity index (χ0v) is 5.16. The smallest absolute Gasteiger partial charge is 0 e. The minimum atomic E-state index is 0. The zero-order valence-electron chi connectivity index (χ0n) is 1.38. The molecular weight excluding hydrogens is 306 g/mol. The summed E-state index contributed by atoms with van der Waals surface area (Å²) in [4.78, 5) is 0. The molecule has 26 valence electrons. The summed E-state index contributed by atoms with van der Waals surface area (Å²) in [6, 6.07) is 0. The molecule has 0 aromatic heterocycles. The minimum Gasteiger partial charge on any atom is 0 e. The summed E-state index contributed by atoms with van der Waals surface area (Å²) in [5, 5.41) is 0. The largest absolute Gasteiger partial charge is 0 e. The molecule has 0 rings (SSSR count). The standard InChI is InChI=1S/Ba.Cu.H2O.Y.2H/h;;1H2;;;. The maximum atomic E-state index is 0. The van der Waals surface area contributed by atoms with Crippen LogP contribution in [0.1, 0.15) is 0 Å². The SMILES string of the molecule is O.[BaH2].[Cu].[Y]. The van der Waals surface area contributed by atoms with E-state index >= 15 is 0 Å². The van der Waals surface area contributed by atoms with Gasteiger partial charge in [-0.3, -0.25) is 0 Å². The average molecular weight is 310 g/mol. The first-order chi connectivity index (χ1) is 0. The van der Waals surface area contributed by atoms with Crippen LogP contribution in [0.4, 0.5) is 0 Å². The van der Waals surface area contributed by atoms with E-state index in [1.165, 1.54) is 0 Å². The number of hydrogen-bond donors (Lipinski definition) is 0. The van der Waals surface area contributed by atoms with Crippen LogP contribution in [0, 0.1) is 0 Å². The molecule has 0 aliphatic carbocycles. The molecule has 0 saturated heterocycles. The van der Waals surface area contributed by atoms with Gasteiger partial charge in [0.05, 0.1) is 0 Å². The van der Waals surface area contributed by atoms with Gasteiger partial charge in [0.1, 0.15) is 0 Å². The van der Waals surface area contributed by atoms with E-state index < -0.39 is 0 Å². The second kappa shape index (κ2) is 16.4. The van der Waals surface area contributed by atoms with Crippen molar-refractivity contribution in [2.45, 2.75) is 0 Å². The Morgan fingerprint density at radius 1 is 1.00 bits per heavy atom. The van der Waals surface area contributed by atoms with Gasteiger partial charge in [-0.15, -0.1) is 0 Å². The summed E-state index contributed by atoms with van der Waals surface area (Å²) < 4.78 is 0. The topological polar surface area (TPSA) is 31.5 Å². The van der Waals surface area contributed by atoms with Crippen molar-refractivity contribution in [1.82, 2.24) is 0 Å². The van der Waals surface area contributed by atoms with Gasteiger partial charge in [0.25, 0.3) is 0 Å². The van der Waals surface area contributed by atoms with Crippen molar-refractivity contribution in [3.05, 3.63) is 0 Å². The molecule has 2 N–H and O–H groups in total. The Bertz CT molecular complexity index is 8.00. The second-order valence-electron chi connectivity index (χ2n) is 0. The Balaban J connectivity index is 0. The third kappa shape index (κ3) is 8.94. The molecule has 1 nitrogen and oxygen atoms in total. The van der Waals surface area contributed by atoms with Crippen molar-refractivity contribution in [3.8, 4) is 0 Å². The van der Waals surface area contributed by atoms with Crippen molar-refractivity contribution in [3.63, 3.8) is 0 Å². The molecule has 0 aliphatic rings. The molecule has 0 amide bonds. The zero-order chi connectivity index (χ0) is 0. The number of rotatable bonds is 0. The molecule has 0 aliphatic heterocycles. The second-order valence-corrected chi connectivity index (χ2v) is 0. The van der Waals surface area contributed by atoms with Crippen LogP contribution in [-0.4, -0.2) is 54.4 Å². The minimum absolute atomic E-state index is 0. The van der Waals surface area contributed by atoms with Crippen LogP contribution < -0.4 is 0 Å². The van der Waals surface area contributed by atoms with Gasteiger partial charge in [0.2, 0.25) is 0 Å². The maximum absolute atomic E-state index is 0. The van der Waals surface area contributed by atoms with Crippen LogP contribution in [0.25, 0.3) is 0 Å². The van der Waals surface area contributed by atoms with Crippen LogP contribution in [0.5, 0.6) is 0 Å². The molecular formula is H4BaCuOY. The van der Waals surface area contributed by atoms with E-state index in [9.17, 15) is 0 Å². The molecule has 2 radical (unpaired) electrons. The van der Waals surface area contributed by atoms with E-state index in [4.69, 9.17) is 0 Å². The molecule has 4 heteroatoms. The van der Waals surface area contributed by atoms with Gasteiger partial charge < -0.3 is 5.48 Å². The van der Waals surface area contributed by atoms with Crippen molar-refractivity contribution in [2.24, 2.45) is 0 Å². The van der Waals surface area contributed by atoms with Crippen molar-refractivity contribution < 1.29 is 55.3 Å². The van der Waals surface area contributed by atoms with Crippen molar-refractivity contribution in [1.29, 1.82) is 0 Å². The summed E-state index contributed by atoms with van der Waals surface area (Å²) >= 11 is 0. The molecule has 4 heavy (non-hydrogen) atoms. The number of hydrogen-bond acceptors (Lipinski definition) is 0. The fourth-order valence-electron chi connectivity index (χ4n) is 0. The molecule has 0 bridgehead atoms. The Hall–Kier alpha value is 3.15. The third-order valence-corrected chi connectivity index (χ3v) is 0. The fourth-order valence-corrected chi connectivity index (χ4v) is 0. The molecule has 0 aromatic rings. The first-order valence-corrected chi connectivity index (χ1v) is 0. The van der Waals surface area contributed by atoms with E-state index in [0.717, 1.165) is 0 Å². The predicted molar refractivity (Wildman–Crippen MR) is 12.2 cm³/mol. The van der Waals surface area contributed by atoms with Gasteiger partial charge in [-0.1, -0.05) is 0 Å². The molecule has 0 spiro atoms. The van der Waals surface area contributed by atoms with Gasteiger partial charge >= 0.3 is 48.9 Å². The van der Waals surface area contributed by atoms with Crippen LogP contribution in [0.2, 0.25) is 0 Å². The monoisotopic (exact) mass is 310 g/mol. The molecule has 0 atom stereocenters. The van der Waals surface area contributed by atoms with Gasteiger partial charge in [0.15, 0.2) is 0 Å². The first kappa shape index (κ1) is 27.2. The van der Waals surface area contributed by atoms with E-state index in [0.29, 0.717) is 0 Å². The molecule has 0 aromatic carbocycles. The van der Waals surface area contributed by atoms with Crippen LogP contribution in [0.15, 0.2) is 0 Å². The first-order valence-electron chi connectivity index (χ1n) is 0. The van der Waals surface area contributed by atoms with Crippen LogP contribution in [-0.2, 0) is 49.8 Å². The fraction of sp³-hybridized carbons (Fsp3) is 0. The van der Waals surface area contributed by atoms with Crippen molar-refractivity contribution >= 4 is 48.9 Å². The van der Waals surface area contributed by atoms with Crippen LogP contribution >= 0.6 is 0 Å². The Morgan fingerprint density at radius 2 is 1.00 bits per heavy atom. The Labute approximate surface area is 101 Å². The predicted octanol–water partition coefficient (Wildman–Crippen LogP) is -1.75. The quantitative estimate of drug-likeness (QED) is 0.476. The molecule has 0 fully saturated rings. The Kier molecular flexibility index (Phi) is 112. The van der Waals surface area contributed by atoms with Crippen LogP contribution in [0.3, 0.4) is 0 Å². The maximum Gasteiger partial charge on any atom is 0 e. The van der Waals surface area contributed by atoms with E-state index in [-0.39, 0.29) is 104 Å². The van der Waals surface area contributed by atoms with E-state index in [1.807, 2.05) is 0 Å². The van der Waals surface area contributed by atoms with E-state index in [2.05, 4.69) is 0 Å². The van der Waals surface area contributed by atoms with E-state index in [1.54, 1.807) is 0 Å². The van der Waals surface area contributed by atoms with Crippen molar-refractivity contribution in [2.75, 3.05) is 0 Å². The summed E-state index contributed by atoms with van der Waals surface area (Å²) in [6.07, 6.45) is 0. The molecule has 0 heterocycles. The van der Waals surface area contributed by atoms with Gasteiger partial charge in [-0.25, -0.2) is 0 Å². The molecule has 0 saturated carbocycles. The summed E-state index contributed by atoms with van der Waals surface area (Å²) in [5.74, 6) is 0. The summed E-state index contributed by atoms with van der Waals surface area (Å²) in [6.45, 7) is 0.